The van der Waals surface area contributed by atoms with Crippen molar-refractivity contribution in [3.63, 3.8) is 0 Å². The number of hydrogen-bond donors (Lipinski definition) is 0. The van der Waals surface area contributed by atoms with E-state index in [1.807, 2.05) is 0 Å². The van der Waals surface area contributed by atoms with Gasteiger partial charge in [-0.2, -0.15) is 0 Å². The highest BCUT2D eigenvalue weighted by Gasteiger charge is 2.40. The highest BCUT2D eigenvalue weighted by molar-refractivity contribution is 7.43. The average molecular weight is 1150 g/mol. The molecule has 0 fully saturated rings. The van der Waals surface area contributed by atoms with E-state index >= 15 is 0 Å². The summed E-state index contributed by atoms with van der Waals surface area (Å²) in [6.07, 6.45) is 2.20. The van der Waals surface area contributed by atoms with Crippen molar-refractivity contribution in [2.24, 2.45) is 0 Å². The third-order valence-electron chi connectivity index (χ3n) is 16.7. The molecule has 4 heterocycles. The van der Waals surface area contributed by atoms with Crippen LogP contribution in [-0.2, 0) is 69.0 Å². The normalized spacial score (nSPS) is 15.5. The molecular weight excluding hydrogens is 1050 g/mol. The van der Waals surface area contributed by atoms with Crippen LogP contribution in [0.4, 0.5) is 0 Å². The molecule has 82 heavy (non-hydrogen) atoms. The van der Waals surface area contributed by atoms with Crippen molar-refractivity contribution in [1.82, 2.24) is 0 Å². The first-order valence-electron chi connectivity index (χ1n) is 30.1. The lowest BCUT2D eigenvalue weighted by atomic mass is 9.78. The van der Waals surface area contributed by atoms with Gasteiger partial charge in [0.25, 0.3) is 0 Å². The van der Waals surface area contributed by atoms with Crippen LogP contribution in [0.3, 0.4) is 0 Å². The molecule has 6 nitrogen and oxygen atoms in total. The minimum atomic E-state index is -2.15. The fraction of sp³-hybridized carbons (Fsp3) is 0.514. The van der Waals surface area contributed by atoms with Crippen LogP contribution in [0.15, 0.2) is 72.8 Å². The predicted octanol–water partition coefficient (Wildman–Crippen LogP) is 21.5. The van der Waals surface area contributed by atoms with E-state index in [0.29, 0.717) is 25.7 Å². The zero-order valence-electron chi connectivity index (χ0n) is 55.1. The smallest absolute Gasteiger partial charge is 0.408 e. The maximum absolute atomic E-state index is 7.69. The van der Waals surface area contributed by atoms with Gasteiger partial charge in [-0.15, -0.1) is 0 Å². The summed E-state index contributed by atoms with van der Waals surface area (Å²) in [4.78, 5) is 0. The van der Waals surface area contributed by atoms with E-state index in [2.05, 4.69) is 253 Å². The summed E-state index contributed by atoms with van der Waals surface area (Å²) in [7, 11) is -4.30. The Morgan fingerprint density at radius 1 is 0.268 bits per heavy atom. The van der Waals surface area contributed by atoms with Crippen LogP contribution in [-0.4, -0.2) is 0 Å². The van der Waals surface area contributed by atoms with Gasteiger partial charge in [0.15, 0.2) is 0 Å². The third-order valence-corrected chi connectivity index (χ3v) is 18.6. The van der Waals surface area contributed by atoms with Crippen molar-refractivity contribution in [3.05, 3.63) is 173 Å². The van der Waals surface area contributed by atoms with Gasteiger partial charge in [-0.25, -0.2) is 0 Å². The van der Waals surface area contributed by atoms with Crippen LogP contribution >= 0.6 is 17.2 Å². The Kier molecular flexibility index (Phi) is 15.7. The van der Waals surface area contributed by atoms with Gasteiger partial charge in [-0.1, -0.05) is 250 Å². The highest BCUT2D eigenvalue weighted by atomic mass is 31.2. The van der Waals surface area contributed by atoms with E-state index in [-0.39, 0.29) is 43.3 Å². The minimum Gasteiger partial charge on any atom is -0.408 e. The summed E-state index contributed by atoms with van der Waals surface area (Å²) in [6, 6.07) is 28.3. The molecule has 0 atom stereocenters. The SMILES string of the molecule is Cc1cc(C(C)(C)C)c(OP2Oc3c4cc(C(C)(C)C)cc3Cc3cc(C(C)(C)C)cc5c3OP(Oc3c(C(C)(C)C)cc(C)cc3C(C)(C)C)Oc3c(cc(C(C)(C)C)cc3Cc3cc(C(C)(C)C)cc(c3O2)C4)C5)c(C(C)(C)C)c1. The first-order chi connectivity index (χ1) is 37.4. The lowest BCUT2D eigenvalue weighted by Gasteiger charge is -2.35. The van der Waals surface area contributed by atoms with Crippen LogP contribution in [0.5, 0.6) is 34.5 Å². The second kappa shape index (κ2) is 20.9. The summed E-state index contributed by atoms with van der Waals surface area (Å²) in [5.41, 5.74) is 18.7. The van der Waals surface area contributed by atoms with Crippen molar-refractivity contribution < 1.29 is 27.1 Å². The zero-order valence-corrected chi connectivity index (χ0v) is 56.9. The summed E-state index contributed by atoms with van der Waals surface area (Å²) in [5.74, 6) is 4.83. The van der Waals surface area contributed by atoms with Crippen LogP contribution in [0.2, 0.25) is 0 Å². The molecule has 8 heteroatoms. The number of rotatable bonds is 4. The molecule has 11 rings (SSSR count). The molecule has 0 amide bonds. The third kappa shape index (κ3) is 12.8. The molecule has 6 aromatic rings. The molecule has 0 unspecified atom stereocenters. The van der Waals surface area contributed by atoms with E-state index in [1.54, 1.807) is 0 Å². The maximum atomic E-state index is 7.69. The standard InChI is InChI=1S/C74H98O6P2/c1-43-27-57(71(15,16)17)65(58(28-43)72(18,19)20)79-81-75-61-45-31-46-36-54(68(6,7)8)40-50(62(46)76-81)34-52-42-56(70(12,13)14)38-48-32-47-37-55(69(9,10)11)41-51(33-49(61)39-53(35-45)67(3,4)5)63(47)77-82(78-64(48)52)80-66-59(73(21,22)23)29-44(2)30-60(66)74(24,25)26/h27-30,35-42H,31-34H2,1-26H3. The van der Waals surface area contributed by atoms with E-state index in [4.69, 9.17) is 27.1 Å². The summed E-state index contributed by atoms with van der Waals surface area (Å²) in [5, 5.41) is 0. The first-order valence-corrected chi connectivity index (χ1v) is 32.3. The quantitative estimate of drug-likeness (QED) is 0.164. The highest BCUT2D eigenvalue weighted by Crippen LogP contribution is 2.58. The molecule has 0 aromatic heterocycles. The monoisotopic (exact) mass is 1140 g/mol. The van der Waals surface area contributed by atoms with Gasteiger partial charge in [0, 0.05) is 47.9 Å². The van der Waals surface area contributed by atoms with Crippen molar-refractivity contribution in [3.8, 4) is 34.5 Å². The Balaban J connectivity index is 1.43. The molecule has 4 aliphatic heterocycles. The van der Waals surface area contributed by atoms with Crippen molar-refractivity contribution in [1.29, 1.82) is 0 Å². The molecule has 0 spiro atoms. The fourth-order valence-corrected chi connectivity index (χ4v) is 14.1. The molecule has 0 saturated heterocycles. The van der Waals surface area contributed by atoms with E-state index in [9.17, 15) is 0 Å². The van der Waals surface area contributed by atoms with E-state index < -0.39 is 17.2 Å². The largest absolute Gasteiger partial charge is 0.530 e. The van der Waals surface area contributed by atoms with Crippen molar-refractivity contribution in [2.45, 2.75) is 249 Å². The van der Waals surface area contributed by atoms with Gasteiger partial charge in [0.05, 0.1) is 0 Å². The average Bonchev–Trinajstić information content (AvgIpc) is 2.96. The first kappa shape index (κ1) is 61.5. The molecule has 0 radical (unpaired) electrons. The Morgan fingerprint density at radius 2 is 0.439 bits per heavy atom. The molecule has 12 bridgehead atoms. The van der Waals surface area contributed by atoms with Crippen molar-refractivity contribution in [2.75, 3.05) is 0 Å². The Labute approximate surface area is 498 Å². The van der Waals surface area contributed by atoms with Gasteiger partial charge in [-0.05, 0) is 124 Å². The van der Waals surface area contributed by atoms with Gasteiger partial charge in [0.1, 0.15) is 34.5 Å². The van der Waals surface area contributed by atoms with Crippen molar-refractivity contribution >= 4 is 17.2 Å². The van der Waals surface area contributed by atoms with E-state index in [1.165, 1.54) is 33.4 Å². The molecule has 0 saturated carbocycles. The van der Waals surface area contributed by atoms with Gasteiger partial charge in [-0.3, -0.25) is 0 Å². The maximum Gasteiger partial charge on any atom is 0.530 e. The molecule has 440 valence electrons. The minimum absolute atomic E-state index is 0.195. The lowest BCUT2D eigenvalue weighted by molar-refractivity contribution is 0.365. The van der Waals surface area contributed by atoms with Crippen LogP contribution in [0.1, 0.15) is 266 Å². The van der Waals surface area contributed by atoms with Crippen LogP contribution in [0.25, 0.3) is 0 Å². The molecule has 1 aliphatic carbocycles. The Hall–Kier alpha value is -5.02. The molecule has 0 N–H and O–H groups in total. The second-order valence-corrected chi connectivity index (χ2v) is 34.6. The second-order valence-electron chi connectivity index (χ2n) is 32.6. The van der Waals surface area contributed by atoms with Gasteiger partial charge < -0.3 is 27.1 Å². The topological polar surface area (TPSA) is 55.4 Å². The summed E-state index contributed by atoms with van der Waals surface area (Å²) in [6.45, 7) is 59.5. The predicted molar refractivity (Wildman–Crippen MR) is 347 cm³/mol. The fourth-order valence-electron chi connectivity index (χ4n) is 11.6. The Bertz CT molecular complexity index is 3020. The summed E-state index contributed by atoms with van der Waals surface area (Å²) < 4.78 is 46.0. The lowest BCUT2D eigenvalue weighted by Crippen LogP contribution is -2.22. The van der Waals surface area contributed by atoms with Gasteiger partial charge >= 0.3 is 17.2 Å². The number of hydrogen-bond acceptors (Lipinski definition) is 6. The van der Waals surface area contributed by atoms with E-state index in [0.717, 1.165) is 101 Å². The number of aryl methyl sites for hydroxylation is 2. The molecular formula is C74H98O6P2. The summed E-state index contributed by atoms with van der Waals surface area (Å²) >= 11 is 0. The molecule has 5 aliphatic rings. The zero-order chi connectivity index (χ0) is 60.6. The molecule has 6 aromatic carbocycles. The Morgan fingerprint density at radius 3 is 0.585 bits per heavy atom. The number of benzene rings is 6. The van der Waals surface area contributed by atoms with Crippen LogP contribution in [0, 0.1) is 13.8 Å². The van der Waals surface area contributed by atoms with Crippen LogP contribution < -0.4 is 27.1 Å². The number of fused-ring (bicyclic) bond motifs is 4. The van der Waals surface area contributed by atoms with Gasteiger partial charge in [0.2, 0.25) is 0 Å².